The number of hydrogen-bond donors (Lipinski definition) is 0. The van der Waals surface area contributed by atoms with Gasteiger partial charge in [0.15, 0.2) is 0 Å². The average molecular weight is 126 g/mol. The van der Waals surface area contributed by atoms with E-state index in [4.69, 9.17) is 0 Å². The van der Waals surface area contributed by atoms with E-state index in [2.05, 4.69) is 27.7 Å². The van der Waals surface area contributed by atoms with E-state index in [0.717, 1.165) is 11.8 Å². The van der Waals surface area contributed by atoms with Crippen LogP contribution in [0.2, 0.25) is 0 Å². The molecule has 54 valence electrons. The molecule has 0 aromatic carbocycles. The lowest BCUT2D eigenvalue weighted by Gasteiger charge is -2.15. The van der Waals surface area contributed by atoms with Gasteiger partial charge in [-0.25, -0.2) is 0 Å². The van der Waals surface area contributed by atoms with Crippen molar-refractivity contribution >= 4 is 0 Å². The molecule has 2 atom stereocenters. The lowest BCUT2D eigenvalue weighted by Crippen LogP contribution is -2.03. The Morgan fingerprint density at radius 1 is 1.00 bits per heavy atom. The molecule has 0 aromatic heterocycles. The largest absolute Gasteiger partial charge is 0.0622 e. The minimum Gasteiger partial charge on any atom is -0.0622 e. The quantitative estimate of drug-likeness (QED) is 0.468. The minimum absolute atomic E-state index is 0.638. The topological polar surface area (TPSA) is 0 Å². The van der Waals surface area contributed by atoms with Crippen molar-refractivity contribution in [2.24, 2.45) is 17.3 Å². The summed E-state index contributed by atoms with van der Waals surface area (Å²) in [5.41, 5.74) is 0.638. The summed E-state index contributed by atoms with van der Waals surface area (Å²) in [4.78, 5) is 0. The van der Waals surface area contributed by atoms with E-state index in [1.165, 1.54) is 12.8 Å². The number of hydrogen-bond acceptors (Lipinski definition) is 0. The van der Waals surface area contributed by atoms with Crippen LogP contribution < -0.4 is 0 Å². The predicted octanol–water partition coefficient (Wildman–Crippen LogP) is 3.08. The van der Waals surface area contributed by atoms with E-state index in [-0.39, 0.29) is 0 Å². The molecule has 0 N–H and O–H groups in total. The smallest absolute Gasteiger partial charge is 0.0349 e. The van der Waals surface area contributed by atoms with Gasteiger partial charge < -0.3 is 0 Å². The Morgan fingerprint density at radius 3 is 1.44 bits per heavy atom. The van der Waals surface area contributed by atoms with Crippen molar-refractivity contribution in [1.29, 1.82) is 0 Å². The van der Waals surface area contributed by atoms with Gasteiger partial charge in [0.25, 0.3) is 0 Å². The van der Waals surface area contributed by atoms with Gasteiger partial charge in [0.2, 0.25) is 0 Å². The molecule has 0 spiro atoms. The van der Waals surface area contributed by atoms with Gasteiger partial charge in [0.1, 0.15) is 0 Å². The van der Waals surface area contributed by atoms with Gasteiger partial charge in [-0.2, -0.15) is 0 Å². The molecule has 1 aliphatic carbocycles. The highest BCUT2D eigenvalue weighted by atomic mass is 14.4. The highest BCUT2D eigenvalue weighted by Gasteiger charge is 2.33. The van der Waals surface area contributed by atoms with Crippen LogP contribution in [-0.2, 0) is 0 Å². The van der Waals surface area contributed by atoms with Crippen LogP contribution in [-0.4, -0.2) is 0 Å². The van der Waals surface area contributed by atoms with Gasteiger partial charge in [-0.15, -0.1) is 0 Å². The van der Waals surface area contributed by atoms with Gasteiger partial charge >= 0.3 is 0 Å². The molecule has 0 unspecified atom stereocenters. The molecule has 9 heavy (non-hydrogen) atoms. The third-order valence-corrected chi connectivity index (χ3v) is 2.72. The summed E-state index contributed by atoms with van der Waals surface area (Å²) in [5.74, 6) is 1.92. The standard InChI is InChI=1S/C9H18/c1-7-5-9(3,4)6-8(7)2/h7-8H,5-6H2,1-4H3/t7-,8+. The first-order chi connectivity index (χ1) is 4.01. The highest BCUT2D eigenvalue weighted by molar-refractivity contribution is 4.84. The van der Waals surface area contributed by atoms with Gasteiger partial charge in [-0.3, -0.25) is 0 Å². The van der Waals surface area contributed by atoms with Crippen molar-refractivity contribution in [3.05, 3.63) is 0 Å². The minimum atomic E-state index is 0.638. The van der Waals surface area contributed by atoms with Gasteiger partial charge in [0.05, 0.1) is 0 Å². The van der Waals surface area contributed by atoms with Crippen LogP contribution in [0.3, 0.4) is 0 Å². The lowest BCUT2D eigenvalue weighted by molar-refractivity contribution is 0.363. The second kappa shape index (κ2) is 2.00. The molecule has 0 heterocycles. The Hall–Kier alpha value is 0. The molecular formula is C9H18. The van der Waals surface area contributed by atoms with Crippen LogP contribution in [0.25, 0.3) is 0 Å². The van der Waals surface area contributed by atoms with Gasteiger partial charge in [-0.05, 0) is 30.1 Å². The number of rotatable bonds is 0. The van der Waals surface area contributed by atoms with E-state index < -0.39 is 0 Å². The van der Waals surface area contributed by atoms with Crippen molar-refractivity contribution in [2.75, 3.05) is 0 Å². The van der Waals surface area contributed by atoms with Crippen molar-refractivity contribution in [1.82, 2.24) is 0 Å². The molecular weight excluding hydrogens is 108 g/mol. The fourth-order valence-electron chi connectivity index (χ4n) is 2.23. The molecule has 0 amide bonds. The van der Waals surface area contributed by atoms with Gasteiger partial charge in [-0.1, -0.05) is 27.7 Å². The zero-order chi connectivity index (χ0) is 7.07. The summed E-state index contributed by atoms with van der Waals surface area (Å²) in [6.07, 6.45) is 2.85. The van der Waals surface area contributed by atoms with Crippen molar-refractivity contribution in [2.45, 2.75) is 40.5 Å². The third-order valence-electron chi connectivity index (χ3n) is 2.72. The normalized spacial score (nSPS) is 41.3. The summed E-state index contributed by atoms with van der Waals surface area (Å²) < 4.78 is 0. The van der Waals surface area contributed by atoms with E-state index in [0.29, 0.717) is 5.41 Å². The third kappa shape index (κ3) is 1.47. The Labute approximate surface area is 58.7 Å². The second-order valence-corrected chi connectivity index (χ2v) is 4.53. The van der Waals surface area contributed by atoms with Crippen LogP contribution in [0.4, 0.5) is 0 Å². The Kier molecular flexibility index (Phi) is 1.58. The van der Waals surface area contributed by atoms with Crippen molar-refractivity contribution in [3.63, 3.8) is 0 Å². The summed E-state index contributed by atoms with van der Waals surface area (Å²) in [7, 11) is 0. The van der Waals surface area contributed by atoms with Gasteiger partial charge in [0, 0.05) is 0 Å². The van der Waals surface area contributed by atoms with Crippen LogP contribution >= 0.6 is 0 Å². The summed E-state index contributed by atoms with van der Waals surface area (Å²) in [6, 6.07) is 0. The molecule has 1 saturated carbocycles. The average Bonchev–Trinajstić information content (AvgIpc) is 1.79. The first kappa shape index (κ1) is 7.11. The molecule has 0 heteroatoms. The molecule has 0 bridgehead atoms. The Balaban J connectivity index is 2.54. The Bertz CT molecular complexity index is 90.6. The van der Waals surface area contributed by atoms with E-state index in [1.807, 2.05) is 0 Å². The zero-order valence-corrected chi connectivity index (χ0v) is 7.07. The van der Waals surface area contributed by atoms with Crippen molar-refractivity contribution < 1.29 is 0 Å². The molecule has 0 radical (unpaired) electrons. The molecule has 1 rings (SSSR count). The summed E-state index contributed by atoms with van der Waals surface area (Å²) in [6.45, 7) is 9.51. The summed E-state index contributed by atoms with van der Waals surface area (Å²) >= 11 is 0. The maximum absolute atomic E-state index is 2.38. The molecule has 1 fully saturated rings. The fraction of sp³-hybridized carbons (Fsp3) is 1.00. The van der Waals surface area contributed by atoms with E-state index in [9.17, 15) is 0 Å². The highest BCUT2D eigenvalue weighted by Crippen LogP contribution is 2.44. The predicted molar refractivity (Wildman–Crippen MR) is 41.3 cm³/mol. The fourth-order valence-corrected chi connectivity index (χ4v) is 2.23. The van der Waals surface area contributed by atoms with Crippen LogP contribution in [0.1, 0.15) is 40.5 Å². The first-order valence-electron chi connectivity index (χ1n) is 4.01. The molecule has 0 aromatic rings. The molecule has 0 saturated heterocycles. The zero-order valence-electron chi connectivity index (χ0n) is 7.07. The van der Waals surface area contributed by atoms with E-state index in [1.54, 1.807) is 0 Å². The van der Waals surface area contributed by atoms with Crippen LogP contribution in [0.5, 0.6) is 0 Å². The summed E-state index contributed by atoms with van der Waals surface area (Å²) in [5, 5.41) is 0. The lowest BCUT2D eigenvalue weighted by atomic mass is 9.91. The molecule has 1 aliphatic rings. The molecule has 0 nitrogen and oxygen atoms in total. The second-order valence-electron chi connectivity index (χ2n) is 4.53. The SMILES string of the molecule is C[C@@H]1CC(C)(C)C[C@@H]1C. The Morgan fingerprint density at radius 2 is 1.33 bits per heavy atom. The molecule has 0 aliphatic heterocycles. The van der Waals surface area contributed by atoms with Crippen LogP contribution in [0.15, 0.2) is 0 Å². The van der Waals surface area contributed by atoms with E-state index >= 15 is 0 Å². The first-order valence-corrected chi connectivity index (χ1v) is 4.01. The maximum Gasteiger partial charge on any atom is -0.0349 e. The van der Waals surface area contributed by atoms with Crippen LogP contribution in [0, 0.1) is 17.3 Å². The monoisotopic (exact) mass is 126 g/mol. The van der Waals surface area contributed by atoms with Crippen molar-refractivity contribution in [3.8, 4) is 0 Å². The maximum atomic E-state index is 2.38.